The molecule has 1 aliphatic heterocycles. The minimum atomic E-state index is 0.0713. The molecule has 2 fully saturated rings. The Morgan fingerprint density at radius 1 is 1.15 bits per heavy atom. The molecular weight excluding hydrogens is 168 g/mol. The highest BCUT2D eigenvalue weighted by Crippen LogP contribution is 2.29. The molecule has 0 aromatic rings. The summed E-state index contributed by atoms with van der Waals surface area (Å²) in [5.74, 6) is 0.778. The van der Waals surface area contributed by atoms with Gasteiger partial charge in [-0.25, -0.2) is 0 Å². The Morgan fingerprint density at radius 2 is 1.85 bits per heavy atom. The van der Waals surface area contributed by atoms with Crippen LogP contribution in [-0.4, -0.2) is 31.2 Å². The molecule has 0 spiro atoms. The van der Waals surface area contributed by atoms with Crippen molar-refractivity contribution in [2.45, 2.75) is 38.4 Å². The maximum absolute atomic E-state index is 11.1. The molecule has 2 aliphatic rings. The van der Waals surface area contributed by atoms with Gasteiger partial charge in [0, 0.05) is 0 Å². The monoisotopic (exact) mass is 184 g/mol. The van der Waals surface area contributed by atoms with Crippen LogP contribution in [0.5, 0.6) is 0 Å². The Hall–Kier alpha value is -0.410. The van der Waals surface area contributed by atoms with E-state index in [-0.39, 0.29) is 31.2 Å². The van der Waals surface area contributed by atoms with Crippen LogP contribution in [0.15, 0.2) is 0 Å². The van der Waals surface area contributed by atoms with Gasteiger partial charge in [-0.05, 0) is 25.2 Å². The Morgan fingerprint density at radius 3 is 2.62 bits per heavy atom. The fraction of sp³-hybridized carbons (Fsp3) is 0.900. The lowest BCUT2D eigenvalue weighted by molar-refractivity contribution is -0.124. The number of hydrogen-bond donors (Lipinski definition) is 0. The molecule has 13 heavy (non-hydrogen) atoms. The van der Waals surface area contributed by atoms with Crippen LogP contribution in [-0.2, 0) is 14.3 Å². The summed E-state index contributed by atoms with van der Waals surface area (Å²) in [6.07, 6.45) is 3.60. The van der Waals surface area contributed by atoms with Crippen molar-refractivity contribution in [3.63, 3.8) is 0 Å². The summed E-state index contributed by atoms with van der Waals surface area (Å²) in [7, 11) is 0. The van der Waals surface area contributed by atoms with Crippen molar-refractivity contribution in [3.05, 3.63) is 0 Å². The van der Waals surface area contributed by atoms with Crippen molar-refractivity contribution in [2.24, 2.45) is 5.92 Å². The molecule has 0 unspecified atom stereocenters. The predicted octanol–water partition coefficient (Wildman–Crippen LogP) is 1.16. The maximum atomic E-state index is 11.1. The van der Waals surface area contributed by atoms with E-state index in [1.54, 1.807) is 0 Å². The number of ether oxygens (including phenoxy) is 2. The molecule has 0 aromatic heterocycles. The van der Waals surface area contributed by atoms with Gasteiger partial charge in [0.15, 0.2) is 5.78 Å². The normalized spacial score (nSPS) is 41.0. The van der Waals surface area contributed by atoms with Gasteiger partial charge in [-0.15, -0.1) is 0 Å². The third-order valence-corrected chi connectivity index (χ3v) is 2.91. The molecule has 3 heteroatoms. The summed E-state index contributed by atoms with van der Waals surface area (Å²) in [4.78, 5) is 11.1. The average Bonchev–Trinajstić information content (AvgIpc) is 2.29. The fourth-order valence-electron chi connectivity index (χ4n) is 2.11. The highest BCUT2D eigenvalue weighted by Gasteiger charge is 2.32. The zero-order valence-corrected chi connectivity index (χ0v) is 7.99. The van der Waals surface area contributed by atoms with Gasteiger partial charge in [0.25, 0.3) is 0 Å². The summed E-state index contributed by atoms with van der Waals surface area (Å²) in [6, 6.07) is 0. The number of carbonyl (C=O) groups excluding carboxylic acids is 1. The first-order valence-corrected chi connectivity index (χ1v) is 5.00. The SMILES string of the molecule is C[C@@H]1CC[C@H]2OCC(=O)CO[C@@H]2C1. The average molecular weight is 184 g/mol. The van der Waals surface area contributed by atoms with Crippen molar-refractivity contribution in [1.29, 1.82) is 0 Å². The van der Waals surface area contributed by atoms with Gasteiger partial charge in [-0.3, -0.25) is 4.79 Å². The number of Topliss-reactive ketones (excluding diaryl/α,β-unsaturated/α-hetero) is 1. The lowest BCUT2D eigenvalue weighted by atomic mass is 9.86. The molecule has 3 atom stereocenters. The second kappa shape index (κ2) is 3.76. The molecule has 0 bridgehead atoms. The van der Waals surface area contributed by atoms with Gasteiger partial charge >= 0.3 is 0 Å². The number of fused-ring (bicyclic) bond motifs is 1. The van der Waals surface area contributed by atoms with Crippen LogP contribution in [0.3, 0.4) is 0 Å². The van der Waals surface area contributed by atoms with E-state index in [0.29, 0.717) is 5.92 Å². The van der Waals surface area contributed by atoms with E-state index in [1.807, 2.05) is 0 Å². The molecule has 0 N–H and O–H groups in total. The molecule has 0 amide bonds. The topological polar surface area (TPSA) is 35.5 Å². The van der Waals surface area contributed by atoms with Crippen molar-refractivity contribution < 1.29 is 14.3 Å². The molecule has 0 radical (unpaired) electrons. The van der Waals surface area contributed by atoms with E-state index < -0.39 is 0 Å². The van der Waals surface area contributed by atoms with Crippen LogP contribution in [0, 0.1) is 5.92 Å². The van der Waals surface area contributed by atoms with Crippen LogP contribution >= 0.6 is 0 Å². The van der Waals surface area contributed by atoms with E-state index in [1.165, 1.54) is 6.42 Å². The summed E-state index contributed by atoms with van der Waals surface area (Å²) < 4.78 is 11.0. The Kier molecular flexibility index (Phi) is 2.65. The van der Waals surface area contributed by atoms with Crippen LogP contribution in [0.25, 0.3) is 0 Å². The van der Waals surface area contributed by atoms with Crippen LogP contribution in [0.4, 0.5) is 0 Å². The quantitative estimate of drug-likeness (QED) is 0.566. The minimum absolute atomic E-state index is 0.0713. The molecule has 1 aliphatic carbocycles. The van der Waals surface area contributed by atoms with Crippen molar-refractivity contribution in [1.82, 2.24) is 0 Å². The van der Waals surface area contributed by atoms with E-state index in [2.05, 4.69) is 6.92 Å². The second-order valence-electron chi connectivity index (χ2n) is 4.16. The molecule has 2 rings (SSSR count). The number of rotatable bonds is 0. The minimum Gasteiger partial charge on any atom is -0.368 e. The zero-order valence-electron chi connectivity index (χ0n) is 7.99. The molecule has 74 valence electrons. The van der Waals surface area contributed by atoms with Gasteiger partial charge in [0.1, 0.15) is 13.2 Å². The van der Waals surface area contributed by atoms with E-state index in [9.17, 15) is 4.79 Å². The van der Waals surface area contributed by atoms with Gasteiger partial charge in [-0.2, -0.15) is 0 Å². The highest BCUT2D eigenvalue weighted by atomic mass is 16.6. The molecule has 3 nitrogen and oxygen atoms in total. The number of ketones is 1. The van der Waals surface area contributed by atoms with E-state index >= 15 is 0 Å². The first kappa shape index (κ1) is 9.16. The molecule has 0 aromatic carbocycles. The summed E-state index contributed by atoms with van der Waals surface area (Å²) in [6.45, 7) is 2.72. The lowest BCUT2D eigenvalue weighted by Crippen LogP contribution is -2.35. The van der Waals surface area contributed by atoms with Crippen molar-refractivity contribution in [3.8, 4) is 0 Å². The highest BCUT2D eigenvalue weighted by molar-refractivity contribution is 5.81. The standard InChI is InChI=1S/C10H16O3/c1-7-2-3-9-10(4-7)13-6-8(11)5-12-9/h7,9-10H,2-6H2,1H3/t7-,9-,10-/m1/s1. The Labute approximate surface area is 78.4 Å². The maximum Gasteiger partial charge on any atom is 0.184 e. The van der Waals surface area contributed by atoms with Crippen LogP contribution in [0.1, 0.15) is 26.2 Å². The van der Waals surface area contributed by atoms with E-state index in [4.69, 9.17) is 9.47 Å². The molecular formula is C10H16O3. The second-order valence-corrected chi connectivity index (χ2v) is 4.16. The van der Waals surface area contributed by atoms with Gasteiger partial charge in [-0.1, -0.05) is 6.92 Å². The Balaban J connectivity index is 1.99. The van der Waals surface area contributed by atoms with Crippen molar-refractivity contribution >= 4 is 5.78 Å². The lowest BCUT2D eigenvalue weighted by Gasteiger charge is -2.32. The van der Waals surface area contributed by atoms with Gasteiger partial charge in [0.05, 0.1) is 12.2 Å². The molecule has 1 heterocycles. The largest absolute Gasteiger partial charge is 0.368 e. The Bertz CT molecular complexity index is 202. The molecule has 1 saturated heterocycles. The first-order valence-electron chi connectivity index (χ1n) is 5.00. The first-order chi connectivity index (χ1) is 6.25. The van der Waals surface area contributed by atoms with Crippen LogP contribution in [0.2, 0.25) is 0 Å². The fourth-order valence-corrected chi connectivity index (χ4v) is 2.11. The smallest absolute Gasteiger partial charge is 0.184 e. The van der Waals surface area contributed by atoms with Crippen LogP contribution < -0.4 is 0 Å². The summed E-state index contributed by atoms with van der Waals surface area (Å²) in [5, 5.41) is 0. The third kappa shape index (κ3) is 2.09. The van der Waals surface area contributed by atoms with Crippen molar-refractivity contribution in [2.75, 3.05) is 13.2 Å². The summed E-state index contributed by atoms with van der Waals surface area (Å²) >= 11 is 0. The van der Waals surface area contributed by atoms with E-state index in [0.717, 1.165) is 12.8 Å². The summed E-state index contributed by atoms with van der Waals surface area (Å²) in [5.41, 5.74) is 0. The van der Waals surface area contributed by atoms with Gasteiger partial charge < -0.3 is 9.47 Å². The number of carbonyl (C=O) groups is 1. The van der Waals surface area contributed by atoms with Gasteiger partial charge in [0.2, 0.25) is 0 Å². The zero-order chi connectivity index (χ0) is 9.26. The third-order valence-electron chi connectivity index (χ3n) is 2.91. The number of hydrogen-bond acceptors (Lipinski definition) is 3. The molecule has 1 saturated carbocycles. The predicted molar refractivity (Wildman–Crippen MR) is 47.5 cm³/mol.